The molecule has 5 aromatic rings. The van der Waals surface area contributed by atoms with Crippen LogP contribution in [0.2, 0.25) is 5.28 Å². The van der Waals surface area contributed by atoms with Crippen molar-refractivity contribution in [1.82, 2.24) is 15.0 Å². The molecule has 0 aliphatic heterocycles. The minimum absolute atomic E-state index is 0. The van der Waals surface area contributed by atoms with E-state index < -0.39 is 128 Å². The van der Waals surface area contributed by atoms with Crippen LogP contribution in [0.15, 0.2) is 96.5 Å². The quantitative estimate of drug-likeness (QED) is 0.0528. The minimum Gasteiger partial charge on any atom is -0.870 e. The van der Waals surface area contributed by atoms with Crippen molar-refractivity contribution in [2.24, 2.45) is 10.2 Å². The Balaban J connectivity index is 0.00000450. The van der Waals surface area contributed by atoms with Gasteiger partial charge in [0.2, 0.25) is 17.2 Å². The van der Waals surface area contributed by atoms with Crippen molar-refractivity contribution in [3.8, 4) is 5.75 Å². The number of fused-ring (bicyclic) bond motifs is 1. The number of anilines is 4. The number of benzene rings is 4. The third-order valence-corrected chi connectivity index (χ3v) is 11.7. The van der Waals surface area contributed by atoms with Crippen LogP contribution in [0.5, 0.6) is 5.75 Å². The van der Waals surface area contributed by atoms with Gasteiger partial charge in [0.05, 0.1) is 43.3 Å². The van der Waals surface area contributed by atoms with Crippen LogP contribution in [0.1, 0.15) is 0 Å². The van der Waals surface area contributed by atoms with Gasteiger partial charge in [-0.2, -0.15) is 28.5 Å². The average molecular weight is 984 g/mol. The van der Waals surface area contributed by atoms with Crippen molar-refractivity contribution in [2.45, 2.75) is 19.6 Å². The normalized spacial score (nSPS) is 12.1. The van der Waals surface area contributed by atoms with E-state index in [4.69, 9.17) is 16.2 Å². The molecule has 0 fully saturated rings. The Hall–Kier alpha value is -1.01. The minimum atomic E-state index is -5.63. The van der Waals surface area contributed by atoms with Crippen molar-refractivity contribution in [1.29, 1.82) is 0 Å². The van der Waals surface area contributed by atoms with Gasteiger partial charge in [0, 0.05) is 11.4 Å². The van der Waals surface area contributed by atoms with E-state index in [0.717, 1.165) is 36.4 Å². The molecule has 1 aromatic heterocycles. The van der Waals surface area contributed by atoms with Gasteiger partial charge in [0.25, 0.3) is 0 Å². The van der Waals surface area contributed by atoms with Crippen LogP contribution >= 0.6 is 11.6 Å². The average Bonchev–Trinajstić information content (AvgIpc) is 3.05. The van der Waals surface area contributed by atoms with Crippen molar-refractivity contribution >= 4 is 108 Å². The standard InChI is InChI=1S/C27H22ClN7O16S5.4Na/c28-25-31-26(29-15-3-1-6-18(11-15)53(39,40)41)33-27(32-25)30-20-13-19(54(42,43)44)9-14-10-21(55(45,46)47)23(24(36)22(14)20)35-34-16-4-2-5-17(12-16)52(37,38)8-7-51-56(48,49)50;;;;/h1-6,9-13,36H,7-8H2,(H,39,40,41)(H,42,43,44)(H,45,46,47)(H,48,49,50)(H2,29,30,31,32,33);;;;/q;4*+1/p-4. The molecule has 0 saturated carbocycles. The molecule has 33 heteroatoms. The second-order valence-corrected chi connectivity index (χ2v) is 18.4. The van der Waals surface area contributed by atoms with E-state index in [9.17, 15) is 60.9 Å². The number of nitrogens with zero attached hydrogens (tertiary/aromatic N) is 5. The Kier molecular flexibility index (Phi) is 21.1. The Morgan fingerprint density at radius 1 is 0.683 bits per heavy atom. The summed E-state index contributed by atoms with van der Waals surface area (Å²) in [6.07, 6.45) is 0. The maximum absolute atomic E-state index is 13.9. The summed E-state index contributed by atoms with van der Waals surface area (Å²) >= 11 is 6.01. The van der Waals surface area contributed by atoms with Gasteiger partial charge < -0.3 is 29.4 Å². The topological polar surface area (TPSA) is 380 Å². The predicted molar refractivity (Wildman–Crippen MR) is 185 cm³/mol. The summed E-state index contributed by atoms with van der Waals surface area (Å²) < 4.78 is 167. The zero-order valence-electron chi connectivity index (χ0n) is 31.0. The summed E-state index contributed by atoms with van der Waals surface area (Å²) in [5.41, 5.74) is -2.13. The molecule has 60 heavy (non-hydrogen) atoms. The number of sulfone groups is 1. The molecule has 0 aliphatic carbocycles. The Bertz CT molecular complexity index is 3030. The van der Waals surface area contributed by atoms with E-state index in [1.165, 1.54) is 12.1 Å². The third-order valence-electron chi connectivity index (χ3n) is 6.92. The van der Waals surface area contributed by atoms with Gasteiger partial charge in [-0.1, -0.05) is 17.9 Å². The van der Waals surface area contributed by atoms with Crippen molar-refractivity contribution in [2.75, 3.05) is 23.0 Å². The third kappa shape index (κ3) is 15.3. The summed E-state index contributed by atoms with van der Waals surface area (Å²) in [5, 5.41) is 24.4. The van der Waals surface area contributed by atoms with Crippen LogP contribution in [-0.2, 0) is 54.8 Å². The Morgan fingerprint density at radius 3 is 1.85 bits per heavy atom. The predicted octanol–water partition coefficient (Wildman–Crippen LogP) is -10.0. The summed E-state index contributed by atoms with van der Waals surface area (Å²) in [6, 6.07) is 10.4. The van der Waals surface area contributed by atoms with Gasteiger partial charge in [0.15, 0.2) is 9.84 Å². The first-order valence-electron chi connectivity index (χ1n) is 14.4. The first kappa shape index (κ1) is 57.0. The number of hydrogen-bond donors (Lipinski definition) is 3. The molecule has 0 amide bonds. The van der Waals surface area contributed by atoms with E-state index in [-0.39, 0.29) is 130 Å². The first-order chi connectivity index (χ1) is 25.8. The largest absolute Gasteiger partial charge is 1.00 e. The van der Waals surface area contributed by atoms with Gasteiger partial charge >= 0.3 is 129 Å². The fourth-order valence-electron chi connectivity index (χ4n) is 4.63. The molecular weight excluding hydrogens is 966 g/mol. The molecule has 3 N–H and O–H groups in total. The Labute approximate surface area is 434 Å². The van der Waals surface area contributed by atoms with E-state index in [1.54, 1.807) is 0 Å². The monoisotopic (exact) mass is 983 g/mol. The molecule has 0 atom stereocenters. The molecular formula is C27H18ClN7Na4O16S5. The molecule has 0 radical (unpaired) electrons. The molecule has 0 unspecified atom stereocenters. The Morgan fingerprint density at radius 2 is 1.27 bits per heavy atom. The number of halogens is 1. The molecule has 23 nitrogen and oxygen atoms in total. The molecule has 5 rings (SSSR count). The second kappa shape index (κ2) is 22.3. The van der Waals surface area contributed by atoms with Gasteiger partial charge in [-0.25, -0.2) is 37.9 Å². The van der Waals surface area contributed by atoms with Crippen molar-refractivity contribution in [3.05, 3.63) is 72.0 Å². The molecule has 298 valence electrons. The van der Waals surface area contributed by atoms with Crippen LogP contribution in [-0.4, -0.2) is 87.6 Å². The van der Waals surface area contributed by atoms with Gasteiger partial charge in [0.1, 0.15) is 30.4 Å². The number of aromatic nitrogens is 3. The van der Waals surface area contributed by atoms with E-state index in [0.29, 0.717) is 18.2 Å². The summed E-state index contributed by atoms with van der Waals surface area (Å²) in [6.45, 7) is -0.975. The van der Waals surface area contributed by atoms with E-state index in [2.05, 4.69) is 40.0 Å². The molecule has 0 bridgehead atoms. The van der Waals surface area contributed by atoms with Crippen molar-refractivity contribution < 1.29 is 188 Å². The zero-order chi connectivity index (χ0) is 41.4. The maximum Gasteiger partial charge on any atom is 1.00 e. The second-order valence-electron chi connectivity index (χ2n) is 10.8. The number of hydrogen-bond acceptors (Lipinski definition) is 22. The molecule has 0 spiro atoms. The number of nitrogens with one attached hydrogen (secondary N) is 2. The number of azo groups is 1. The first-order valence-corrected chi connectivity index (χ1v) is 22.0. The summed E-state index contributed by atoms with van der Waals surface area (Å²) in [7, 11) is -25.1. The van der Waals surface area contributed by atoms with Gasteiger partial charge in [-0.3, -0.25) is 4.55 Å². The van der Waals surface area contributed by atoms with E-state index >= 15 is 0 Å². The summed E-state index contributed by atoms with van der Waals surface area (Å²) in [5.74, 6) is -3.32. The summed E-state index contributed by atoms with van der Waals surface area (Å²) in [4.78, 5) is 8.09. The van der Waals surface area contributed by atoms with Crippen LogP contribution in [0.4, 0.5) is 34.6 Å². The maximum atomic E-state index is 13.9. The smallest absolute Gasteiger partial charge is 0.870 e. The fraction of sp³-hybridized carbons (Fsp3) is 0.0741. The van der Waals surface area contributed by atoms with Crippen LogP contribution in [0.3, 0.4) is 0 Å². The van der Waals surface area contributed by atoms with Crippen molar-refractivity contribution in [3.63, 3.8) is 0 Å². The van der Waals surface area contributed by atoms with Gasteiger partial charge in [-0.15, -0.1) is 5.11 Å². The fourth-order valence-corrected chi connectivity index (χ4v) is 8.00. The molecule has 4 aromatic carbocycles. The van der Waals surface area contributed by atoms with Crippen LogP contribution in [0.25, 0.3) is 10.8 Å². The molecule has 0 saturated heterocycles. The molecule has 1 heterocycles. The van der Waals surface area contributed by atoms with E-state index in [1.807, 2.05) is 0 Å². The van der Waals surface area contributed by atoms with Gasteiger partial charge in [-0.05, 0) is 77.0 Å². The van der Waals surface area contributed by atoms with Crippen LogP contribution < -0.4 is 134 Å². The zero-order valence-corrected chi connectivity index (χ0v) is 43.8. The SMILES string of the molecule is O=S(=O)(O)OCCS(=O)(=O)c1cccc(N=Nc2c(S(=O)(=O)[O-])cc3cc(S(=O)(=O)[O-])cc(Nc4nc(Cl)nc(Nc5cccc(S(=O)(=O)[O-])c5)n4)c3c2[O-])c1.[Na+].[Na+].[Na+].[Na+]. The number of rotatable bonds is 14. The molecule has 0 aliphatic rings. The van der Waals surface area contributed by atoms with Crippen LogP contribution in [0, 0.1) is 0 Å².